The van der Waals surface area contributed by atoms with Crippen LogP contribution >= 0.6 is 0 Å². The molecule has 0 heterocycles. The fourth-order valence-corrected chi connectivity index (χ4v) is 1.23. The molecule has 0 saturated heterocycles. The summed E-state index contributed by atoms with van der Waals surface area (Å²) in [4.78, 5) is 44.6. The highest BCUT2D eigenvalue weighted by atomic mass is 16.4. The van der Waals surface area contributed by atoms with Crippen LogP contribution in [0.4, 0.5) is 0 Å². The summed E-state index contributed by atoms with van der Waals surface area (Å²) in [6.07, 6.45) is -0.649. The molecule has 0 fully saturated rings. The maximum absolute atomic E-state index is 11.7. The summed E-state index contributed by atoms with van der Waals surface area (Å²) in [5.74, 6) is -4.40. The molecule has 11 nitrogen and oxygen atoms in total. The molecule has 0 spiro atoms. The van der Waals surface area contributed by atoms with E-state index in [1.165, 1.54) is 0 Å². The van der Waals surface area contributed by atoms with Crippen LogP contribution in [0.2, 0.25) is 0 Å². The SMILES string of the molecule is NC(=O)CC(NC(=O)C(CO)NC(=O)C(N)CO)C(=O)O. The molecule has 0 aromatic carbocycles. The Morgan fingerprint density at radius 3 is 1.86 bits per heavy atom. The molecule has 0 aliphatic carbocycles. The standard InChI is InChI=1S/C10H18N4O7/c11-4(2-15)8(18)14-6(3-16)9(19)13-5(10(20)21)1-7(12)17/h4-6,15-16H,1-3,11H2,(H2,12,17)(H,13,19)(H,14,18)(H,20,21). The lowest BCUT2D eigenvalue weighted by atomic mass is 10.1. The van der Waals surface area contributed by atoms with Gasteiger partial charge in [0.25, 0.3) is 0 Å². The zero-order valence-corrected chi connectivity index (χ0v) is 11.0. The number of hydrogen-bond acceptors (Lipinski definition) is 7. The predicted octanol–water partition coefficient (Wildman–Crippen LogP) is -4.77. The molecule has 9 N–H and O–H groups in total. The van der Waals surface area contributed by atoms with E-state index in [0.29, 0.717) is 0 Å². The molecule has 0 aliphatic rings. The maximum atomic E-state index is 11.7. The quantitative estimate of drug-likeness (QED) is 0.219. The van der Waals surface area contributed by atoms with Gasteiger partial charge in [0, 0.05) is 0 Å². The number of aliphatic hydroxyl groups excluding tert-OH is 2. The van der Waals surface area contributed by atoms with Crippen molar-refractivity contribution < 1.29 is 34.5 Å². The highest BCUT2D eigenvalue weighted by Gasteiger charge is 2.28. The summed E-state index contributed by atoms with van der Waals surface area (Å²) in [6.45, 7) is -1.51. The second-order valence-corrected chi connectivity index (χ2v) is 4.10. The third-order valence-electron chi connectivity index (χ3n) is 2.37. The zero-order chi connectivity index (χ0) is 16.6. The summed E-state index contributed by atoms with van der Waals surface area (Å²) >= 11 is 0. The first-order valence-corrected chi connectivity index (χ1v) is 5.82. The number of aliphatic hydroxyl groups is 2. The first-order valence-electron chi connectivity index (χ1n) is 5.82. The number of carboxylic acids is 1. The highest BCUT2D eigenvalue weighted by molar-refractivity contribution is 5.93. The second-order valence-electron chi connectivity index (χ2n) is 4.10. The van der Waals surface area contributed by atoms with E-state index in [-0.39, 0.29) is 0 Å². The fraction of sp³-hybridized carbons (Fsp3) is 0.600. The Balaban J connectivity index is 4.73. The van der Waals surface area contributed by atoms with Crippen LogP contribution in [0.25, 0.3) is 0 Å². The van der Waals surface area contributed by atoms with Gasteiger partial charge in [0.2, 0.25) is 17.7 Å². The normalized spacial score (nSPS) is 14.6. The summed E-state index contributed by atoms with van der Waals surface area (Å²) in [5, 5.41) is 30.5. The van der Waals surface area contributed by atoms with E-state index < -0.39 is 61.5 Å². The van der Waals surface area contributed by atoms with Crippen molar-refractivity contribution >= 4 is 23.7 Å². The van der Waals surface area contributed by atoms with Crippen LogP contribution in [0.3, 0.4) is 0 Å². The van der Waals surface area contributed by atoms with Crippen LogP contribution in [0.15, 0.2) is 0 Å². The van der Waals surface area contributed by atoms with E-state index in [1.807, 2.05) is 10.6 Å². The van der Waals surface area contributed by atoms with Gasteiger partial charge in [-0.3, -0.25) is 14.4 Å². The second kappa shape index (κ2) is 8.84. The number of carboxylic acid groups (broad SMARTS) is 1. The largest absolute Gasteiger partial charge is 0.480 e. The van der Waals surface area contributed by atoms with Crippen LogP contribution in [-0.2, 0) is 19.2 Å². The molecule has 0 aromatic heterocycles. The molecule has 0 rings (SSSR count). The van der Waals surface area contributed by atoms with Crippen molar-refractivity contribution in [1.29, 1.82) is 0 Å². The summed E-state index contributed by atoms with van der Waals surface area (Å²) < 4.78 is 0. The molecule has 3 atom stereocenters. The molecular formula is C10H18N4O7. The Bertz CT molecular complexity index is 414. The molecule has 3 unspecified atom stereocenters. The van der Waals surface area contributed by atoms with Crippen LogP contribution < -0.4 is 22.1 Å². The fourth-order valence-electron chi connectivity index (χ4n) is 1.23. The average molecular weight is 306 g/mol. The molecule has 11 heteroatoms. The Morgan fingerprint density at radius 2 is 1.48 bits per heavy atom. The van der Waals surface area contributed by atoms with E-state index in [0.717, 1.165) is 0 Å². The minimum Gasteiger partial charge on any atom is -0.480 e. The van der Waals surface area contributed by atoms with Crippen molar-refractivity contribution in [3.8, 4) is 0 Å². The van der Waals surface area contributed by atoms with E-state index >= 15 is 0 Å². The third-order valence-corrected chi connectivity index (χ3v) is 2.37. The number of primary amides is 1. The van der Waals surface area contributed by atoms with E-state index in [4.69, 9.17) is 26.8 Å². The number of aliphatic carboxylic acids is 1. The predicted molar refractivity (Wildman–Crippen MR) is 67.5 cm³/mol. The summed E-state index contributed by atoms with van der Waals surface area (Å²) in [6, 6.07) is -4.37. The Kier molecular flexibility index (Phi) is 7.89. The van der Waals surface area contributed by atoms with Gasteiger partial charge in [-0.2, -0.15) is 0 Å². The summed E-state index contributed by atoms with van der Waals surface area (Å²) in [5.41, 5.74) is 10.0. The van der Waals surface area contributed by atoms with Gasteiger partial charge in [-0.25, -0.2) is 4.79 Å². The highest BCUT2D eigenvalue weighted by Crippen LogP contribution is 1.94. The van der Waals surface area contributed by atoms with Crippen LogP contribution in [0.1, 0.15) is 6.42 Å². The lowest BCUT2D eigenvalue weighted by molar-refractivity contribution is -0.144. The van der Waals surface area contributed by atoms with Crippen molar-refractivity contribution in [2.45, 2.75) is 24.5 Å². The van der Waals surface area contributed by atoms with Crippen LogP contribution in [0, 0.1) is 0 Å². The van der Waals surface area contributed by atoms with Gasteiger partial charge in [0.1, 0.15) is 18.1 Å². The van der Waals surface area contributed by atoms with Gasteiger partial charge in [-0.15, -0.1) is 0 Å². The van der Waals surface area contributed by atoms with Crippen LogP contribution in [-0.4, -0.2) is 70.3 Å². The van der Waals surface area contributed by atoms with Gasteiger partial charge in [0.15, 0.2) is 0 Å². The van der Waals surface area contributed by atoms with Gasteiger partial charge in [-0.1, -0.05) is 0 Å². The van der Waals surface area contributed by atoms with Gasteiger partial charge >= 0.3 is 5.97 Å². The average Bonchev–Trinajstić information content (AvgIpc) is 2.41. The lowest BCUT2D eigenvalue weighted by Gasteiger charge is -2.20. The minimum absolute atomic E-state index is 0.649. The molecule has 0 bridgehead atoms. The van der Waals surface area contributed by atoms with Gasteiger partial charge in [-0.05, 0) is 0 Å². The Labute approximate surface area is 119 Å². The molecule has 21 heavy (non-hydrogen) atoms. The smallest absolute Gasteiger partial charge is 0.326 e. The van der Waals surface area contributed by atoms with Crippen molar-refractivity contribution in [3.05, 3.63) is 0 Å². The first-order chi connectivity index (χ1) is 9.72. The molecule has 0 radical (unpaired) electrons. The van der Waals surface area contributed by atoms with E-state index in [1.54, 1.807) is 0 Å². The Morgan fingerprint density at radius 1 is 0.952 bits per heavy atom. The molecule has 0 saturated carbocycles. The van der Waals surface area contributed by atoms with Gasteiger partial charge < -0.3 is 37.4 Å². The van der Waals surface area contributed by atoms with Crippen molar-refractivity contribution in [2.75, 3.05) is 13.2 Å². The van der Waals surface area contributed by atoms with Crippen LogP contribution in [0.5, 0.6) is 0 Å². The van der Waals surface area contributed by atoms with Crippen molar-refractivity contribution in [1.82, 2.24) is 10.6 Å². The van der Waals surface area contributed by atoms with Gasteiger partial charge in [0.05, 0.1) is 19.6 Å². The number of carbonyl (C=O) groups is 4. The lowest BCUT2D eigenvalue weighted by Crippen LogP contribution is -2.56. The summed E-state index contributed by atoms with van der Waals surface area (Å²) in [7, 11) is 0. The number of amides is 3. The molecular weight excluding hydrogens is 288 g/mol. The Hall–Kier alpha value is -2.24. The number of carbonyl (C=O) groups excluding carboxylic acids is 3. The minimum atomic E-state index is -1.59. The molecule has 3 amide bonds. The van der Waals surface area contributed by atoms with Crippen molar-refractivity contribution in [2.24, 2.45) is 11.5 Å². The topological polar surface area (TPSA) is 205 Å². The monoisotopic (exact) mass is 306 g/mol. The molecule has 0 aromatic rings. The number of rotatable bonds is 9. The van der Waals surface area contributed by atoms with Crippen molar-refractivity contribution in [3.63, 3.8) is 0 Å². The number of hydrogen-bond donors (Lipinski definition) is 7. The first kappa shape index (κ1) is 18.8. The van der Waals surface area contributed by atoms with E-state index in [9.17, 15) is 19.2 Å². The maximum Gasteiger partial charge on any atom is 0.326 e. The number of nitrogens with one attached hydrogen (secondary N) is 2. The third kappa shape index (κ3) is 6.65. The molecule has 0 aliphatic heterocycles. The zero-order valence-electron chi connectivity index (χ0n) is 11.0. The molecule has 120 valence electrons. The van der Waals surface area contributed by atoms with E-state index in [2.05, 4.69) is 0 Å². The number of nitrogens with two attached hydrogens (primary N) is 2.